The fourth-order valence-corrected chi connectivity index (χ4v) is 5.74. The number of piperidine rings is 1. The van der Waals surface area contributed by atoms with Gasteiger partial charge in [0.1, 0.15) is 5.75 Å². The van der Waals surface area contributed by atoms with Gasteiger partial charge in [-0.1, -0.05) is 29.8 Å². The number of carbonyl (C=O) groups is 1. The number of anilines is 1. The second-order valence-corrected chi connectivity index (χ2v) is 11.2. The maximum atomic E-state index is 12.8. The van der Waals surface area contributed by atoms with Crippen LogP contribution in [0.4, 0.5) is 5.69 Å². The number of rotatable bonds is 11. The molecule has 1 aliphatic heterocycles. The monoisotopic (exact) mass is 523 g/mol. The van der Waals surface area contributed by atoms with Crippen molar-refractivity contribution in [3.05, 3.63) is 84.2 Å². The largest absolute Gasteiger partial charge is 0.493 e. The average molecular weight is 524 g/mol. The lowest BCUT2D eigenvalue weighted by atomic mass is 9.97. The first-order chi connectivity index (χ1) is 17.8. The Bertz CT molecular complexity index is 1260. The number of aryl methyl sites for hydroxylation is 1. The zero-order valence-electron chi connectivity index (χ0n) is 20.9. The first-order valence-corrected chi connectivity index (χ1v) is 13.9. The van der Waals surface area contributed by atoms with Crippen LogP contribution in [-0.2, 0) is 21.2 Å². The number of ether oxygens (including phenoxy) is 1. The highest BCUT2D eigenvalue weighted by atomic mass is 32.2. The molecule has 0 radical (unpaired) electrons. The Morgan fingerprint density at radius 3 is 2.32 bits per heavy atom. The quantitative estimate of drug-likeness (QED) is 0.390. The number of hydrogen-bond donors (Lipinski definition) is 2. The molecule has 0 saturated carbocycles. The minimum absolute atomic E-state index is 0.115. The molecule has 196 valence electrons. The summed E-state index contributed by atoms with van der Waals surface area (Å²) in [4.78, 5) is 18.0. The second-order valence-electron chi connectivity index (χ2n) is 9.52. The highest BCUT2D eigenvalue weighted by Crippen LogP contribution is 2.24. The van der Waals surface area contributed by atoms with E-state index >= 15 is 0 Å². The van der Waals surface area contributed by atoms with Crippen molar-refractivity contribution >= 4 is 21.7 Å². The Hall–Kier alpha value is -3.43. The van der Waals surface area contributed by atoms with Crippen molar-refractivity contribution in [1.82, 2.24) is 9.71 Å². The van der Waals surface area contributed by atoms with Crippen molar-refractivity contribution < 1.29 is 23.1 Å². The number of pyridine rings is 1. The smallest absolute Gasteiger partial charge is 0.304 e. The molecule has 4 rings (SSSR count). The van der Waals surface area contributed by atoms with E-state index in [1.54, 1.807) is 12.1 Å². The predicted molar refractivity (Wildman–Crippen MR) is 142 cm³/mol. The van der Waals surface area contributed by atoms with Crippen molar-refractivity contribution in [1.29, 1.82) is 0 Å². The average Bonchev–Trinajstić information content (AvgIpc) is 2.89. The van der Waals surface area contributed by atoms with Gasteiger partial charge in [-0.3, -0.25) is 9.78 Å². The zero-order valence-corrected chi connectivity index (χ0v) is 21.7. The molecule has 1 saturated heterocycles. The summed E-state index contributed by atoms with van der Waals surface area (Å²) in [7, 11) is -3.84. The molecule has 0 bridgehead atoms. The summed E-state index contributed by atoms with van der Waals surface area (Å²) in [5, 5.41) is 9.32. The van der Waals surface area contributed by atoms with E-state index < -0.39 is 22.0 Å². The number of carboxylic acids is 1. The maximum absolute atomic E-state index is 12.8. The lowest BCUT2D eigenvalue weighted by Gasteiger charge is -2.33. The molecule has 1 aliphatic rings. The normalized spacial score (nSPS) is 15.3. The van der Waals surface area contributed by atoms with Crippen molar-refractivity contribution in [2.75, 3.05) is 24.6 Å². The lowest BCUT2D eigenvalue weighted by Crippen LogP contribution is -2.38. The predicted octanol–water partition coefficient (Wildman–Crippen LogP) is 4.05. The van der Waals surface area contributed by atoms with Crippen LogP contribution in [0.3, 0.4) is 0 Å². The molecule has 3 aromatic rings. The molecule has 1 atom stereocenters. The standard InChI is InChI=1S/C28H33N3O5S/c1-21-2-8-27(9-3-21)37(34,35)30-24(19-28(32)33)18-22-4-6-26(7-5-22)36-20-23-12-16-31(17-13-23)25-10-14-29-15-11-25/h2-11,14-15,23-24,30H,12-13,16-20H2,1H3,(H,32,33). The van der Waals surface area contributed by atoms with Crippen LogP contribution in [0.1, 0.15) is 30.4 Å². The molecule has 2 N–H and O–H groups in total. The summed E-state index contributed by atoms with van der Waals surface area (Å²) >= 11 is 0. The van der Waals surface area contributed by atoms with E-state index in [4.69, 9.17) is 4.74 Å². The molecular formula is C28H33N3O5S. The minimum Gasteiger partial charge on any atom is -0.493 e. The first kappa shape index (κ1) is 26.6. The Kier molecular flexibility index (Phi) is 8.78. The maximum Gasteiger partial charge on any atom is 0.304 e. The molecule has 37 heavy (non-hydrogen) atoms. The molecule has 8 nitrogen and oxygen atoms in total. The fraction of sp³-hybridized carbons (Fsp3) is 0.357. The number of aliphatic carboxylic acids is 1. The number of aromatic nitrogens is 1. The van der Waals surface area contributed by atoms with Crippen molar-refractivity contribution in [3.63, 3.8) is 0 Å². The molecule has 2 heterocycles. The zero-order chi connectivity index (χ0) is 26.3. The fourth-order valence-electron chi connectivity index (χ4n) is 4.50. The van der Waals surface area contributed by atoms with Gasteiger partial charge in [0.15, 0.2) is 0 Å². The SMILES string of the molecule is Cc1ccc(S(=O)(=O)NC(CC(=O)O)Cc2ccc(OCC3CCN(c4ccncc4)CC3)cc2)cc1. The van der Waals surface area contributed by atoms with Crippen LogP contribution < -0.4 is 14.4 Å². The van der Waals surface area contributed by atoms with Gasteiger partial charge in [-0.25, -0.2) is 13.1 Å². The summed E-state index contributed by atoms with van der Waals surface area (Å²) in [5.41, 5.74) is 2.97. The summed E-state index contributed by atoms with van der Waals surface area (Å²) in [5.74, 6) is 0.163. The highest BCUT2D eigenvalue weighted by Gasteiger charge is 2.23. The van der Waals surface area contributed by atoms with Gasteiger partial charge in [0.2, 0.25) is 10.0 Å². The summed E-state index contributed by atoms with van der Waals surface area (Å²) in [6.07, 6.45) is 5.68. The van der Waals surface area contributed by atoms with Gasteiger partial charge in [0.25, 0.3) is 0 Å². The number of benzene rings is 2. The molecule has 2 aromatic carbocycles. The van der Waals surface area contributed by atoms with E-state index in [0.29, 0.717) is 12.5 Å². The number of carboxylic acid groups (broad SMARTS) is 1. The Labute approximate surface area is 218 Å². The van der Waals surface area contributed by atoms with E-state index in [0.717, 1.165) is 42.8 Å². The summed E-state index contributed by atoms with van der Waals surface area (Å²) < 4.78 is 34.2. The van der Waals surface area contributed by atoms with Crippen LogP contribution in [0, 0.1) is 12.8 Å². The van der Waals surface area contributed by atoms with Gasteiger partial charge in [-0.15, -0.1) is 0 Å². The highest BCUT2D eigenvalue weighted by molar-refractivity contribution is 7.89. The third-order valence-electron chi connectivity index (χ3n) is 6.61. The topological polar surface area (TPSA) is 109 Å². The Morgan fingerprint density at radius 2 is 1.70 bits per heavy atom. The molecule has 1 fully saturated rings. The molecule has 0 amide bonds. The van der Waals surface area contributed by atoms with Crippen LogP contribution in [-0.4, -0.2) is 50.2 Å². The molecule has 1 unspecified atom stereocenters. The summed E-state index contributed by atoms with van der Waals surface area (Å²) in [6, 6.07) is 17.2. The van der Waals surface area contributed by atoms with Crippen molar-refractivity contribution in [2.24, 2.45) is 5.92 Å². The van der Waals surface area contributed by atoms with E-state index in [1.807, 2.05) is 55.7 Å². The van der Waals surface area contributed by atoms with E-state index in [1.165, 1.54) is 17.8 Å². The first-order valence-electron chi connectivity index (χ1n) is 12.5. The van der Waals surface area contributed by atoms with Gasteiger partial charge in [-0.2, -0.15) is 0 Å². The van der Waals surface area contributed by atoms with E-state index in [9.17, 15) is 18.3 Å². The molecule has 1 aromatic heterocycles. The van der Waals surface area contributed by atoms with Gasteiger partial charge >= 0.3 is 5.97 Å². The lowest BCUT2D eigenvalue weighted by molar-refractivity contribution is -0.137. The number of hydrogen-bond acceptors (Lipinski definition) is 6. The van der Waals surface area contributed by atoms with Crippen LogP contribution >= 0.6 is 0 Å². The van der Waals surface area contributed by atoms with Gasteiger partial charge in [0.05, 0.1) is 17.9 Å². The Morgan fingerprint density at radius 1 is 1.05 bits per heavy atom. The Balaban J connectivity index is 1.29. The molecule has 0 spiro atoms. The molecular weight excluding hydrogens is 490 g/mol. The van der Waals surface area contributed by atoms with Gasteiger partial charge in [-0.05, 0) is 74.1 Å². The van der Waals surface area contributed by atoms with Gasteiger partial charge < -0.3 is 14.7 Å². The minimum atomic E-state index is -3.84. The molecule has 9 heteroatoms. The van der Waals surface area contributed by atoms with Crippen molar-refractivity contribution in [3.8, 4) is 5.75 Å². The number of nitrogens with zero attached hydrogens (tertiary/aromatic N) is 2. The van der Waals surface area contributed by atoms with Crippen LogP contribution in [0.15, 0.2) is 78.0 Å². The third kappa shape index (κ3) is 7.77. The van der Waals surface area contributed by atoms with E-state index in [-0.39, 0.29) is 17.7 Å². The molecule has 0 aliphatic carbocycles. The van der Waals surface area contributed by atoms with Gasteiger partial charge in [0, 0.05) is 37.2 Å². The van der Waals surface area contributed by atoms with Crippen LogP contribution in [0.2, 0.25) is 0 Å². The number of nitrogens with one attached hydrogen (secondary N) is 1. The van der Waals surface area contributed by atoms with Crippen LogP contribution in [0.5, 0.6) is 5.75 Å². The second kappa shape index (κ2) is 12.2. The third-order valence-corrected chi connectivity index (χ3v) is 8.14. The van der Waals surface area contributed by atoms with Crippen LogP contribution in [0.25, 0.3) is 0 Å². The number of sulfonamides is 1. The van der Waals surface area contributed by atoms with Crippen molar-refractivity contribution in [2.45, 2.75) is 43.5 Å². The van der Waals surface area contributed by atoms with E-state index in [2.05, 4.69) is 14.6 Å². The summed E-state index contributed by atoms with van der Waals surface area (Å²) in [6.45, 7) is 4.49.